The molecule has 1 N–H and O–H groups in total. The minimum absolute atomic E-state index is 0.787. The van der Waals surface area contributed by atoms with Gasteiger partial charge in [-0.05, 0) is 29.7 Å². The van der Waals surface area contributed by atoms with Gasteiger partial charge in [0, 0.05) is 48.2 Å². The first-order valence-electron chi connectivity index (χ1n) is 7.70. The Hall–Kier alpha value is -2.86. The van der Waals surface area contributed by atoms with Gasteiger partial charge < -0.3 is 5.32 Å². The summed E-state index contributed by atoms with van der Waals surface area (Å²) in [5, 5.41) is 15.9. The van der Waals surface area contributed by atoms with Crippen molar-refractivity contribution in [2.75, 3.05) is 11.9 Å². The fourth-order valence-electron chi connectivity index (χ4n) is 2.47. The molecule has 3 heterocycles. The first-order chi connectivity index (χ1) is 11.9. The minimum Gasteiger partial charge on any atom is -0.360 e. The molecule has 0 radical (unpaired) electrons. The molecule has 1 aromatic carbocycles. The van der Waals surface area contributed by atoms with Crippen molar-refractivity contribution in [3.63, 3.8) is 0 Å². The molecule has 118 valence electrons. The molecule has 0 aliphatic heterocycles. The molecule has 0 saturated heterocycles. The Morgan fingerprint density at radius 2 is 1.96 bits per heavy atom. The van der Waals surface area contributed by atoms with Crippen LogP contribution < -0.4 is 5.32 Å². The van der Waals surface area contributed by atoms with Gasteiger partial charge in [-0.2, -0.15) is 0 Å². The van der Waals surface area contributed by atoms with Crippen molar-refractivity contribution < 1.29 is 0 Å². The zero-order chi connectivity index (χ0) is 16.2. The van der Waals surface area contributed by atoms with E-state index >= 15 is 0 Å². The Kier molecular flexibility index (Phi) is 4.12. The molecule has 24 heavy (non-hydrogen) atoms. The van der Waals surface area contributed by atoms with E-state index in [2.05, 4.69) is 43.7 Å². The fraction of sp³-hybridized carbons (Fsp3) is 0.111. The molecule has 5 nitrogen and oxygen atoms in total. The molecule has 4 rings (SSSR count). The normalized spacial score (nSPS) is 10.8. The number of pyridine rings is 2. The maximum absolute atomic E-state index is 4.31. The van der Waals surface area contributed by atoms with Crippen molar-refractivity contribution in [2.24, 2.45) is 0 Å². The van der Waals surface area contributed by atoms with E-state index in [1.54, 1.807) is 17.5 Å². The van der Waals surface area contributed by atoms with Crippen molar-refractivity contribution in [1.29, 1.82) is 0 Å². The van der Waals surface area contributed by atoms with E-state index in [1.165, 1.54) is 0 Å². The number of nitrogens with one attached hydrogen (secondary N) is 1. The largest absolute Gasteiger partial charge is 0.360 e. The molecule has 0 saturated carbocycles. The molecule has 0 amide bonds. The highest BCUT2D eigenvalue weighted by molar-refractivity contribution is 7.18. The van der Waals surface area contributed by atoms with Gasteiger partial charge in [0.2, 0.25) is 5.13 Å². The fourth-order valence-corrected chi connectivity index (χ4v) is 3.24. The summed E-state index contributed by atoms with van der Waals surface area (Å²) in [4.78, 5) is 8.45. The molecule has 0 atom stereocenters. The van der Waals surface area contributed by atoms with E-state index in [1.807, 2.05) is 36.7 Å². The number of hydrogen-bond donors (Lipinski definition) is 1. The maximum Gasteiger partial charge on any atom is 0.206 e. The van der Waals surface area contributed by atoms with Gasteiger partial charge in [0.15, 0.2) is 0 Å². The molecule has 3 aromatic heterocycles. The summed E-state index contributed by atoms with van der Waals surface area (Å²) in [5.74, 6) is 0. The van der Waals surface area contributed by atoms with Gasteiger partial charge in [-0.3, -0.25) is 9.97 Å². The highest BCUT2D eigenvalue weighted by atomic mass is 32.1. The molecule has 0 aliphatic rings. The summed E-state index contributed by atoms with van der Waals surface area (Å²) < 4.78 is 0. The van der Waals surface area contributed by atoms with Crippen LogP contribution in [0.4, 0.5) is 5.13 Å². The van der Waals surface area contributed by atoms with Crippen molar-refractivity contribution in [1.82, 2.24) is 20.2 Å². The lowest BCUT2D eigenvalue weighted by molar-refractivity contribution is 0.950. The Labute approximate surface area is 143 Å². The number of hydrogen-bond acceptors (Lipinski definition) is 6. The van der Waals surface area contributed by atoms with Crippen LogP contribution in [0.1, 0.15) is 5.69 Å². The van der Waals surface area contributed by atoms with E-state index in [-0.39, 0.29) is 0 Å². The second-order valence-corrected chi connectivity index (χ2v) is 6.33. The third-order valence-corrected chi connectivity index (χ3v) is 4.63. The first kappa shape index (κ1) is 14.7. The summed E-state index contributed by atoms with van der Waals surface area (Å²) in [6.07, 6.45) is 6.34. The molecule has 0 bridgehead atoms. The third-order valence-electron chi connectivity index (χ3n) is 3.70. The van der Waals surface area contributed by atoms with Crippen molar-refractivity contribution in [3.8, 4) is 10.6 Å². The number of nitrogens with zero attached hydrogens (tertiary/aromatic N) is 4. The van der Waals surface area contributed by atoms with Crippen LogP contribution >= 0.6 is 11.3 Å². The van der Waals surface area contributed by atoms with Crippen LogP contribution in [0.2, 0.25) is 0 Å². The molecule has 0 aliphatic carbocycles. The van der Waals surface area contributed by atoms with Gasteiger partial charge in [-0.1, -0.05) is 29.5 Å². The molecule has 6 heteroatoms. The quantitative estimate of drug-likeness (QED) is 0.602. The SMILES string of the molecule is c1ccc(CCNc2nnc(-c3ccc4cnccc4c3)s2)nc1. The molecular weight excluding hydrogens is 318 g/mol. The van der Waals surface area contributed by atoms with Gasteiger partial charge in [0.25, 0.3) is 0 Å². The van der Waals surface area contributed by atoms with Crippen LogP contribution in [0.3, 0.4) is 0 Å². The van der Waals surface area contributed by atoms with E-state index < -0.39 is 0 Å². The highest BCUT2D eigenvalue weighted by Gasteiger charge is 2.07. The number of aromatic nitrogens is 4. The van der Waals surface area contributed by atoms with Gasteiger partial charge in [0.1, 0.15) is 5.01 Å². The minimum atomic E-state index is 0.787. The monoisotopic (exact) mass is 333 g/mol. The maximum atomic E-state index is 4.31. The van der Waals surface area contributed by atoms with Crippen LogP contribution in [-0.2, 0) is 6.42 Å². The topological polar surface area (TPSA) is 63.6 Å². The summed E-state index contributed by atoms with van der Waals surface area (Å²) in [6, 6.07) is 14.2. The van der Waals surface area contributed by atoms with Gasteiger partial charge in [-0.15, -0.1) is 10.2 Å². The third kappa shape index (κ3) is 3.23. The van der Waals surface area contributed by atoms with E-state index in [4.69, 9.17) is 0 Å². The smallest absolute Gasteiger partial charge is 0.206 e. The summed E-state index contributed by atoms with van der Waals surface area (Å²) in [6.45, 7) is 0.787. The van der Waals surface area contributed by atoms with Crippen LogP contribution in [0.25, 0.3) is 21.3 Å². The molecule has 0 unspecified atom stereocenters. The number of fused-ring (bicyclic) bond motifs is 1. The Morgan fingerprint density at radius 3 is 2.88 bits per heavy atom. The summed E-state index contributed by atoms with van der Waals surface area (Å²) >= 11 is 1.56. The highest BCUT2D eigenvalue weighted by Crippen LogP contribution is 2.28. The van der Waals surface area contributed by atoms with E-state index in [0.29, 0.717) is 0 Å². The second-order valence-electron chi connectivity index (χ2n) is 5.35. The molecule has 4 aromatic rings. The summed E-state index contributed by atoms with van der Waals surface area (Å²) in [7, 11) is 0. The number of rotatable bonds is 5. The van der Waals surface area contributed by atoms with Gasteiger partial charge in [0.05, 0.1) is 0 Å². The standard InChI is InChI=1S/C18H15N5S/c1-2-8-20-16(3-1)7-10-21-18-23-22-17(24-18)14-4-5-15-12-19-9-6-13(15)11-14/h1-6,8-9,11-12H,7,10H2,(H,21,23). The lowest BCUT2D eigenvalue weighted by atomic mass is 10.1. The van der Waals surface area contributed by atoms with Gasteiger partial charge in [-0.25, -0.2) is 0 Å². The lowest BCUT2D eigenvalue weighted by Crippen LogP contribution is -2.05. The van der Waals surface area contributed by atoms with Crippen LogP contribution in [0.5, 0.6) is 0 Å². The van der Waals surface area contributed by atoms with E-state index in [9.17, 15) is 0 Å². The molecule has 0 spiro atoms. The second kappa shape index (κ2) is 6.72. The zero-order valence-corrected chi connectivity index (χ0v) is 13.7. The summed E-state index contributed by atoms with van der Waals surface area (Å²) in [5.41, 5.74) is 2.14. The average molecular weight is 333 g/mol. The predicted molar refractivity (Wildman–Crippen MR) is 97.1 cm³/mol. The first-order valence-corrected chi connectivity index (χ1v) is 8.51. The molecular formula is C18H15N5S. The number of benzene rings is 1. The van der Waals surface area contributed by atoms with Crippen molar-refractivity contribution in [3.05, 3.63) is 66.7 Å². The van der Waals surface area contributed by atoms with E-state index in [0.717, 1.165) is 45.1 Å². The zero-order valence-electron chi connectivity index (χ0n) is 12.9. The predicted octanol–water partition coefficient (Wildman–Crippen LogP) is 3.80. The van der Waals surface area contributed by atoms with Crippen LogP contribution in [0, 0.1) is 0 Å². The average Bonchev–Trinajstić information content (AvgIpc) is 3.11. The Morgan fingerprint density at radius 1 is 0.958 bits per heavy atom. The lowest BCUT2D eigenvalue weighted by Gasteiger charge is -2.01. The number of anilines is 1. The van der Waals surface area contributed by atoms with Crippen molar-refractivity contribution in [2.45, 2.75) is 6.42 Å². The van der Waals surface area contributed by atoms with Crippen LogP contribution in [-0.4, -0.2) is 26.7 Å². The Balaban J connectivity index is 1.45. The van der Waals surface area contributed by atoms with Crippen LogP contribution in [0.15, 0.2) is 61.1 Å². The molecule has 0 fully saturated rings. The Bertz CT molecular complexity index is 952. The van der Waals surface area contributed by atoms with Gasteiger partial charge >= 0.3 is 0 Å². The van der Waals surface area contributed by atoms with Crippen molar-refractivity contribution >= 4 is 27.2 Å².